The van der Waals surface area contributed by atoms with Crippen LogP contribution in [0.25, 0.3) is 16.7 Å². The first-order chi connectivity index (χ1) is 17.1. The van der Waals surface area contributed by atoms with E-state index in [0.717, 1.165) is 35.4 Å². The molecule has 0 aliphatic carbocycles. The van der Waals surface area contributed by atoms with Crippen molar-refractivity contribution < 1.29 is 14.3 Å². The van der Waals surface area contributed by atoms with Crippen LogP contribution >= 0.6 is 0 Å². The van der Waals surface area contributed by atoms with E-state index in [1.165, 1.54) is 0 Å². The summed E-state index contributed by atoms with van der Waals surface area (Å²) in [6, 6.07) is 15.2. The summed E-state index contributed by atoms with van der Waals surface area (Å²) in [6.07, 6.45) is 5.51. The minimum absolute atomic E-state index is 0.00138. The van der Waals surface area contributed by atoms with Crippen LogP contribution < -0.4 is 10.6 Å². The molecule has 9 heteroatoms. The van der Waals surface area contributed by atoms with Crippen LogP contribution in [0.3, 0.4) is 0 Å². The molecule has 2 aromatic carbocycles. The molecule has 1 saturated heterocycles. The van der Waals surface area contributed by atoms with Gasteiger partial charge in [-0.2, -0.15) is 5.10 Å². The Kier molecular flexibility index (Phi) is 6.58. The number of rotatable bonds is 7. The van der Waals surface area contributed by atoms with Crippen molar-refractivity contribution in [1.82, 2.24) is 24.6 Å². The molecule has 3 heterocycles. The fourth-order valence-corrected chi connectivity index (χ4v) is 4.31. The molecule has 1 fully saturated rings. The van der Waals surface area contributed by atoms with E-state index in [4.69, 9.17) is 4.74 Å². The number of benzene rings is 2. The molecule has 4 aromatic rings. The molecule has 0 radical (unpaired) electrons. The predicted octanol–water partition coefficient (Wildman–Crippen LogP) is 3.10. The van der Waals surface area contributed by atoms with E-state index >= 15 is 0 Å². The van der Waals surface area contributed by atoms with Crippen LogP contribution in [-0.2, 0) is 23.0 Å². The average Bonchev–Trinajstić information content (AvgIpc) is 3.49. The highest BCUT2D eigenvalue weighted by molar-refractivity contribution is 5.94. The number of aromatic nitrogens is 4. The van der Waals surface area contributed by atoms with Gasteiger partial charge in [0.1, 0.15) is 5.82 Å². The smallest absolute Gasteiger partial charge is 0.251 e. The molecule has 1 aliphatic heterocycles. The molecule has 2 aromatic heterocycles. The number of imidazole rings is 1. The lowest BCUT2D eigenvalue weighted by atomic mass is 9.99. The largest absolute Gasteiger partial charge is 0.381 e. The van der Waals surface area contributed by atoms with Crippen molar-refractivity contribution in [3.63, 3.8) is 0 Å². The summed E-state index contributed by atoms with van der Waals surface area (Å²) in [5.41, 5.74) is 4.04. The number of ether oxygens (including phenoxy) is 1. The zero-order chi connectivity index (χ0) is 24.2. The molecule has 9 nitrogen and oxygen atoms in total. The number of anilines is 1. The molecular formula is C26H28N6O3. The van der Waals surface area contributed by atoms with Gasteiger partial charge in [0.15, 0.2) is 0 Å². The summed E-state index contributed by atoms with van der Waals surface area (Å²) in [5, 5.41) is 10.2. The minimum Gasteiger partial charge on any atom is -0.381 e. The van der Waals surface area contributed by atoms with Gasteiger partial charge in [0.05, 0.1) is 34.8 Å². The van der Waals surface area contributed by atoms with Crippen LogP contribution in [0.5, 0.6) is 0 Å². The van der Waals surface area contributed by atoms with Gasteiger partial charge >= 0.3 is 0 Å². The monoisotopic (exact) mass is 472 g/mol. The third-order valence-corrected chi connectivity index (χ3v) is 6.35. The van der Waals surface area contributed by atoms with Crippen molar-refractivity contribution in [3.05, 3.63) is 72.3 Å². The number of carbonyl (C=O) groups is 2. The first kappa shape index (κ1) is 22.8. The van der Waals surface area contributed by atoms with Gasteiger partial charge < -0.3 is 19.9 Å². The minimum atomic E-state index is -0.139. The lowest BCUT2D eigenvalue weighted by Gasteiger charge is -2.20. The Bertz CT molecular complexity index is 1330. The second kappa shape index (κ2) is 10.1. The molecular weight excluding hydrogens is 444 g/mol. The van der Waals surface area contributed by atoms with Crippen LogP contribution in [-0.4, -0.2) is 50.9 Å². The normalized spacial score (nSPS) is 14.2. The second-order valence-corrected chi connectivity index (χ2v) is 8.68. The lowest BCUT2D eigenvalue weighted by Crippen LogP contribution is -2.28. The maximum absolute atomic E-state index is 12.6. The summed E-state index contributed by atoms with van der Waals surface area (Å²) in [7, 11) is 1.99. The van der Waals surface area contributed by atoms with Crippen molar-refractivity contribution in [2.45, 2.75) is 19.3 Å². The number of aryl methyl sites for hydroxylation is 1. The Morgan fingerprint density at radius 1 is 1.09 bits per heavy atom. The number of hydrogen-bond donors (Lipinski definition) is 2. The summed E-state index contributed by atoms with van der Waals surface area (Å²) < 4.78 is 9.05. The van der Waals surface area contributed by atoms with Gasteiger partial charge in [-0.1, -0.05) is 12.1 Å². The van der Waals surface area contributed by atoms with E-state index in [1.807, 2.05) is 43.4 Å². The summed E-state index contributed by atoms with van der Waals surface area (Å²) in [6.45, 7) is 1.74. The van der Waals surface area contributed by atoms with Crippen LogP contribution in [0.4, 0.5) is 5.69 Å². The van der Waals surface area contributed by atoms with Crippen LogP contribution in [0, 0.1) is 5.92 Å². The van der Waals surface area contributed by atoms with Gasteiger partial charge in [-0.25, -0.2) is 9.67 Å². The lowest BCUT2D eigenvalue weighted by molar-refractivity contribution is -0.122. The van der Waals surface area contributed by atoms with Gasteiger partial charge in [0.25, 0.3) is 5.91 Å². The quantitative estimate of drug-likeness (QED) is 0.430. The van der Waals surface area contributed by atoms with Gasteiger partial charge in [-0.15, -0.1) is 0 Å². The number of amides is 2. The molecule has 1 aliphatic rings. The highest BCUT2D eigenvalue weighted by Gasteiger charge is 2.22. The Labute approximate surface area is 203 Å². The Hall–Kier alpha value is -3.98. The number of nitrogens with zero attached hydrogens (tertiary/aromatic N) is 4. The third-order valence-electron chi connectivity index (χ3n) is 6.35. The molecule has 0 unspecified atom stereocenters. The Balaban J connectivity index is 1.15. The summed E-state index contributed by atoms with van der Waals surface area (Å²) >= 11 is 0. The van der Waals surface area contributed by atoms with E-state index in [9.17, 15) is 9.59 Å². The molecule has 0 saturated carbocycles. The molecule has 0 spiro atoms. The van der Waals surface area contributed by atoms with Crippen molar-refractivity contribution in [3.8, 4) is 5.69 Å². The maximum Gasteiger partial charge on any atom is 0.251 e. The van der Waals surface area contributed by atoms with Crippen LogP contribution in [0.15, 0.2) is 60.9 Å². The zero-order valence-corrected chi connectivity index (χ0v) is 19.6. The molecule has 2 amide bonds. The fraction of sp³-hybridized carbons (Fsp3) is 0.308. The van der Waals surface area contributed by atoms with Crippen molar-refractivity contribution in [2.75, 3.05) is 25.1 Å². The van der Waals surface area contributed by atoms with Gasteiger partial charge in [-0.3, -0.25) is 9.59 Å². The van der Waals surface area contributed by atoms with Gasteiger partial charge in [-0.05, 0) is 49.2 Å². The fourth-order valence-electron chi connectivity index (χ4n) is 4.31. The first-order valence-electron chi connectivity index (χ1n) is 11.8. The topological polar surface area (TPSA) is 103 Å². The number of hydrogen-bond acceptors (Lipinski definition) is 5. The second-order valence-electron chi connectivity index (χ2n) is 8.68. The highest BCUT2D eigenvalue weighted by Crippen LogP contribution is 2.19. The number of carbonyl (C=O) groups excluding carboxylic acids is 2. The zero-order valence-electron chi connectivity index (χ0n) is 19.6. The molecule has 180 valence electrons. The van der Waals surface area contributed by atoms with E-state index in [0.29, 0.717) is 37.4 Å². The van der Waals surface area contributed by atoms with E-state index < -0.39 is 0 Å². The SMILES string of the molecule is Cn1c(CCNC(=O)c2ccc(-n3cc(NC(=O)C4CCOCC4)cn3)cc2)nc2ccccc21. The van der Waals surface area contributed by atoms with Gasteiger partial charge in [0, 0.05) is 44.7 Å². The van der Waals surface area contributed by atoms with Crippen LogP contribution in [0.1, 0.15) is 29.0 Å². The van der Waals surface area contributed by atoms with Crippen molar-refractivity contribution >= 4 is 28.5 Å². The van der Waals surface area contributed by atoms with Crippen molar-refractivity contribution in [2.24, 2.45) is 13.0 Å². The molecule has 0 bridgehead atoms. The summed E-state index contributed by atoms with van der Waals surface area (Å²) in [4.78, 5) is 29.7. The van der Waals surface area contributed by atoms with Gasteiger partial charge in [0.2, 0.25) is 5.91 Å². The van der Waals surface area contributed by atoms with E-state index in [-0.39, 0.29) is 17.7 Å². The molecule has 5 rings (SSSR count). The third kappa shape index (κ3) is 5.09. The first-order valence-corrected chi connectivity index (χ1v) is 11.8. The highest BCUT2D eigenvalue weighted by atomic mass is 16.5. The van der Waals surface area contributed by atoms with Crippen molar-refractivity contribution in [1.29, 1.82) is 0 Å². The summed E-state index contributed by atoms with van der Waals surface area (Å²) in [5.74, 6) is 0.764. The van der Waals surface area contributed by atoms with Crippen LogP contribution in [0.2, 0.25) is 0 Å². The Morgan fingerprint density at radius 2 is 1.86 bits per heavy atom. The standard InChI is InChI=1S/C26H28N6O3/c1-31-23-5-3-2-4-22(23)30-24(31)10-13-27-25(33)18-6-8-21(9-7-18)32-17-20(16-28-32)29-26(34)19-11-14-35-15-12-19/h2-9,16-17,19H,10-15H2,1H3,(H,27,33)(H,29,34). The molecule has 35 heavy (non-hydrogen) atoms. The molecule has 0 atom stereocenters. The predicted molar refractivity (Wildman–Crippen MR) is 132 cm³/mol. The van der Waals surface area contributed by atoms with E-state index in [2.05, 4.69) is 25.3 Å². The number of para-hydroxylation sites is 2. The Morgan fingerprint density at radius 3 is 2.63 bits per heavy atom. The van der Waals surface area contributed by atoms with E-state index in [1.54, 1.807) is 29.2 Å². The molecule has 2 N–H and O–H groups in total. The average molecular weight is 473 g/mol. The number of nitrogens with one attached hydrogen (secondary N) is 2. The number of fused-ring (bicyclic) bond motifs is 1. The maximum atomic E-state index is 12.6.